The zero-order chi connectivity index (χ0) is 34.6. The Labute approximate surface area is 305 Å². The molecule has 52 heavy (non-hydrogen) atoms. The smallest absolute Gasteiger partial charge is 0.144 e. The van der Waals surface area contributed by atoms with Crippen molar-refractivity contribution < 1.29 is 4.42 Å². The normalized spacial score (nSPS) is 13.3. The second-order valence-corrected chi connectivity index (χ2v) is 15.5. The standard InChI is InChI=1S/C49H33NOS/c1-49(2)41-20-9-8-16-36(41)37-18-10-17-34(45(37)49)31-22-25-33(26-23-31)50(32-13-4-3-5-14-32)42-21-11-19-40-44-43(52-48(40)42)29-28-39-38-27-24-30-12-6-7-15-35(30)46(38)51-47(39)44/h3-29H,1-2H3. The maximum absolute atomic E-state index is 6.83. The van der Waals surface area contributed by atoms with Gasteiger partial charge in [0.15, 0.2) is 0 Å². The molecule has 1 aliphatic rings. The molecule has 11 rings (SSSR count). The van der Waals surface area contributed by atoms with E-state index in [0.29, 0.717) is 0 Å². The molecule has 0 amide bonds. The number of nitrogens with zero attached hydrogens (tertiary/aromatic N) is 1. The van der Waals surface area contributed by atoms with E-state index in [2.05, 4.69) is 183 Å². The topological polar surface area (TPSA) is 16.4 Å². The van der Waals surface area contributed by atoms with E-state index < -0.39 is 0 Å². The van der Waals surface area contributed by atoms with Gasteiger partial charge in [-0.25, -0.2) is 0 Å². The average molecular weight is 684 g/mol. The second kappa shape index (κ2) is 10.9. The Balaban J connectivity index is 1.08. The van der Waals surface area contributed by atoms with Crippen LogP contribution in [0.15, 0.2) is 168 Å². The lowest BCUT2D eigenvalue weighted by Crippen LogP contribution is -2.16. The van der Waals surface area contributed by atoms with Gasteiger partial charge in [-0.3, -0.25) is 0 Å². The van der Waals surface area contributed by atoms with Crippen LogP contribution in [0.4, 0.5) is 17.1 Å². The van der Waals surface area contributed by atoms with E-state index in [1.165, 1.54) is 58.9 Å². The molecule has 0 N–H and O–H groups in total. The van der Waals surface area contributed by atoms with Gasteiger partial charge in [0, 0.05) is 48.4 Å². The molecule has 1 aliphatic carbocycles. The van der Waals surface area contributed by atoms with Gasteiger partial charge in [-0.1, -0.05) is 129 Å². The molecule has 0 radical (unpaired) electrons. The molecular weight excluding hydrogens is 651 g/mol. The Morgan fingerprint density at radius 1 is 0.500 bits per heavy atom. The van der Waals surface area contributed by atoms with E-state index in [4.69, 9.17) is 4.42 Å². The van der Waals surface area contributed by atoms with Crippen molar-refractivity contribution in [3.05, 3.63) is 175 Å². The van der Waals surface area contributed by atoms with Crippen LogP contribution in [0.25, 0.3) is 75.1 Å². The van der Waals surface area contributed by atoms with Gasteiger partial charge in [0.1, 0.15) is 11.2 Å². The number of thiophene rings is 1. The van der Waals surface area contributed by atoms with E-state index in [-0.39, 0.29) is 5.41 Å². The lowest BCUT2D eigenvalue weighted by Gasteiger charge is -2.27. The van der Waals surface area contributed by atoms with E-state index in [9.17, 15) is 0 Å². The number of para-hydroxylation sites is 1. The maximum atomic E-state index is 6.83. The Morgan fingerprint density at radius 2 is 1.17 bits per heavy atom. The van der Waals surface area contributed by atoms with Gasteiger partial charge in [0.05, 0.1) is 10.4 Å². The molecule has 0 atom stereocenters. The quantitative estimate of drug-likeness (QED) is 0.184. The number of hydrogen-bond donors (Lipinski definition) is 0. The Bertz CT molecular complexity index is 3040. The Kier molecular flexibility index (Phi) is 6.21. The van der Waals surface area contributed by atoms with Crippen LogP contribution in [0.5, 0.6) is 0 Å². The largest absolute Gasteiger partial charge is 0.455 e. The molecule has 0 bridgehead atoms. The SMILES string of the molecule is CC1(C)c2ccccc2-c2cccc(-c3ccc(N(c4ccccc4)c4cccc5c4sc4ccc6c7ccc8ccccc8c7oc6c45)cc3)c21. The van der Waals surface area contributed by atoms with Crippen LogP contribution < -0.4 is 4.90 Å². The molecular formula is C49H33NOS. The summed E-state index contributed by atoms with van der Waals surface area (Å²) >= 11 is 1.84. The lowest BCUT2D eigenvalue weighted by molar-refractivity contribution is 0.662. The molecule has 0 fully saturated rings. The lowest BCUT2D eigenvalue weighted by atomic mass is 9.79. The van der Waals surface area contributed by atoms with Crippen LogP contribution in [0.2, 0.25) is 0 Å². The van der Waals surface area contributed by atoms with Gasteiger partial charge in [-0.05, 0) is 87.3 Å². The first-order chi connectivity index (χ1) is 25.6. The second-order valence-electron chi connectivity index (χ2n) is 14.5. The highest BCUT2D eigenvalue weighted by molar-refractivity contribution is 7.26. The highest BCUT2D eigenvalue weighted by Crippen LogP contribution is 2.53. The molecule has 0 saturated carbocycles. The van der Waals surface area contributed by atoms with Crippen molar-refractivity contribution in [2.24, 2.45) is 0 Å². The summed E-state index contributed by atoms with van der Waals surface area (Å²) in [4.78, 5) is 2.40. The van der Waals surface area contributed by atoms with Gasteiger partial charge >= 0.3 is 0 Å². The zero-order valence-electron chi connectivity index (χ0n) is 28.9. The molecule has 2 heterocycles. The molecule has 8 aromatic carbocycles. The van der Waals surface area contributed by atoms with Crippen molar-refractivity contribution >= 4 is 81.3 Å². The van der Waals surface area contributed by atoms with Crippen molar-refractivity contribution in [1.82, 2.24) is 0 Å². The fourth-order valence-corrected chi connectivity index (χ4v) is 10.1. The summed E-state index contributed by atoms with van der Waals surface area (Å²) < 4.78 is 9.29. The van der Waals surface area contributed by atoms with Crippen molar-refractivity contribution in [2.75, 3.05) is 4.90 Å². The predicted molar refractivity (Wildman–Crippen MR) is 222 cm³/mol. The fourth-order valence-electron chi connectivity index (χ4n) is 8.89. The summed E-state index contributed by atoms with van der Waals surface area (Å²) in [6.07, 6.45) is 0. The third-order valence-electron chi connectivity index (χ3n) is 11.2. The monoisotopic (exact) mass is 683 g/mol. The molecule has 246 valence electrons. The highest BCUT2D eigenvalue weighted by Gasteiger charge is 2.37. The molecule has 2 aromatic heterocycles. The fraction of sp³-hybridized carbons (Fsp3) is 0.0612. The van der Waals surface area contributed by atoms with Crippen LogP contribution >= 0.6 is 11.3 Å². The molecule has 0 aliphatic heterocycles. The molecule has 0 spiro atoms. The Morgan fingerprint density at radius 3 is 2.06 bits per heavy atom. The minimum absolute atomic E-state index is 0.0769. The van der Waals surface area contributed by atoms with Gasteiger partial charge in [-0.15, -0.1) is 11.3 Å². The van der Waals surface area contributed by atoms with Gasteiger partial charge in [0.25, 0.3) is 0 Å². The molecule has 2 nitrogen and oxygen atoms in total. The van der Waals surface area contributed by atoms with E-state index in [1.807, 2.05) is 11.3 Å². The van der Waals surface area contributed by atoms with Crippen LogP contribution in [0.3, 0.4) is 0 Å². The van der Waals surface area contributed by atoms with Gasteiger partial charge in [0.2, 0.25) is 0 Å². The van der Waals surface area contributed by atoms with Crippen LogP contribution in [-0.4, -0.2) is 0 Å². The number of furan rings is 1. The van der Waals surface area contributed by atoms with Crippen molar-refractivity contribution in [1.29, 1.82) is 0 Å². The number of fused-ring (bicyclic) bond motifs is 12. The van der Waals surface area contributed by atoms with Crippen molar-refractivity contribution in [2.45, 2.75) is 19.3 Å². The molecule has 0 unspecified atom stereocenters. The average Bonchev–Trinajstić information content (AvgIpc) is 3.84. The number of benzene rings is 8. The molecule has 0 saturated heterocycles. The minimum atomic E-state index is -0.0769. The highest BCUT2D eigenvalue weighted by atomic mass is 32.1. The predicted octanol–water partition coefficient (Wildman–Crippen LogP) is 14.6. The van der Waals surface area contributed by atoms with Gasteiger partial charge in [-0.2, -0.15) is 0 Å². The van der Waals surface area contributed by atoms with E-state index in [0.717, 1.165) is 44.4 Å². The summed E-state index contributed by atoms with van der Waals surface area (Å²) in [5.74, 6) is 0. The first-order valence-electron chi connectivity index (χ1n) is 17.9. The van der Waals surface area contributed by atoms with Crippen molar-refractivity contribution in [3.63, 3.8) is 0 Å². The first-order valence-corrected chi connectivity index (χ1v) is 18.7. The number of hydrogen-bond acceptors (Lipinski definition) is 3. The summed E-state index contributed by atoms with van der Waals surface area (Å²) in [5, 5.41) is 7.06. The summed E-state index contributed by atoms with van der Waals surface area (Å²) in [7, 11) is 0. The summed E-state index contributed by atoms with van der Waals surface area (Å²) in [5.41, 5.74) is 13.3. The third kappa shape index (κ3) is 4.11. The first kappa shape index (κ1) is 29.6. The van der Waals surface area contributed by atoms with Crippen LogP contribution in [0, 0.1) is 0 Å². The van der Waals surface area contributed by atoms with Crippen LogP contribution in [-0.2, 0) is 5.41 Å². The maximum Gasteiger partial charge on any atom is 0.144 e. The van der Waals surface area contributed by atoms with Gasteiger partial charge < -0.3 is 9.32 Å². The van der Waals surface area contributed by atoms with Crippen LogP contribution in [0.1, 0.15) is 25.0 Å². The zero-order valence-corrected chi connectivity index (χ0v) is 29.7. The number of anilines is 3. The summed E-state index contributed by atoms with van der Waals surface area (Å²) in [6, 6.07) is 59.7. The molecule has 3 heteroatoms. The Hall–Kier alpha value is -6.16. The minimum Gasteiger partial charge on any atom is -0.455 e. The third-order valence-corrected chi connectivity index (χ3v) is 12.4. The van der Waals surface area contributed by atoms with E-state index in [1.54, 1.807) is 0 Å². The number of rotatable bonds is 4. The summed E-state index contributed by atoms with van der Waals surface area (Å²) in [6.45, 7) is 4.72. The van der Waals surface area contributed by atoms with E-state index >= 15 is 0 Å². The van der Waals surface area contributed by atoms with Crippen molar-refractivity contribution in [3.8, 4) is 22.3 Å². The molecule has 10 aromatic rings.